The van der Waals surface area contributed by atoms with Gasteiger partial charge >= 0.3 is 6.61 Å². The molecule has 0 bridgehead atoms. The van der Waals surface area contributed by atoms with Gasteiger partial charge in [0.25, 0.3) is 0 Å². The van der Waals surface area contributed by atoms with E-state index < -0.39 is 6.61 Å². The summed E-state index contributed by atoms with van der Waals surface area (Å²) < 4.78 is 29.9. The van der Waals surface area contributed by atoms with Gasteiger partial charge in [0, 0.05) is 17.4 Å². The lowest BCUT2D eigenvalue weighted by molar-refractivity contribution is -0.0494. The van der Waals surface area contributed by atoms with Crippen LogP contribution < -0.4 is 4.74 Å². The van der Waals surface area contributed by atoms with Crippen LogP contribution in [-0.2, 0) is 6.42 Å². The Kier molecular flexibility index (Phi) is 8.86. The van der Waals surface area contributed by atoms with Crippen molar-refractivity contribution in [3.8, 4) is 17.1 Å². The lowest BCUT2D eigenvalue weighted by Gasteiger charge is -2.28. The fourth-order valence-electron chi connectivity index (χ4n) is 4.36. The number of aromatic nitrogens is 2. The van der Waals surface area contributed by atoms with Crippen LogP contribution in [0.25, 0.3) is 11.4 Å². The van der Waals surface area contributed by atoms with Gasteiger partial charge in [-0.05, 0) is 48.4 Å². The van der Waals surface area contributed by atoms with Gasteiger partial charge in [0.15, 0.2) is 5.82 Å². The molecule has 0 saturated heterocycles. The highest BCUT2D eigenvalue weighted by Crippen LogP contribution is 2.35. The van der Waals surface area contributed by atoms with Crippen molar-refractivity contribution in [1.29, 1.82) is 0 Å². The first-order valence-electron chi connectivity index (χ1n) is 11.1. The minimum atomic E-state index is -2.93. The zero-order valence-electron chi connectivity index (χ0n) is 17.6. The van der Waals surface area contributed by atoms with Crippen LogP contribution in [0.2, 0.25) is 5.02 Å². The summed E-state index contributed by atoms with van der Waals surface area (Å²) in [5, 5.41) is 0.325. The Bertz CT molecular complexity index is 777. The Morgan fingerprint density at radius 3 is 2.33 bits per heavy atom. The number of unbranched alkanes of at least 4 members (excludes halogenated alkanes) is 2. The van der Waals surface area contributed by atoms with E-state index in [1.807, 2.05) is 0 Å². The number of ether oxygens (including phenoxy) is 1. The van der Waals surface area contributed by atoms with Crippen LogP contribution >= 0.6 is 11.6 Å². The SMILES string of the molecule is CCCCCC1CCC(CCc2cnc(-c3ccc(Cl)cc3OC(F)F)nc2)CC1. The molecule has 30 heavy (non-hydrogen) atoms. The van der Waals surface area contributed by atoms with Crippen LogP contribution in [0.1, 0.15) is 70.3 Å². The molecule has 1 saturated carbocycles. The predicted octanol–water partition coefficient (Wildman–Crippen LogP) is 7.72. The largest absolute Gasteiger partial charge is 0.434 e. The molecule has 1 aliphatic carbocycles. The molecular weight excluding hydrogens is 406 g/mol. The van der Waals surface area contributed by atoms with E-state index in [4.69, 9.17) is 11.6 Å². The summed E-state index contributed by atoms with van der Waals surface area (Å²) >= 11 is 5.90. The van der Waals surface area contributed by atoms with E-state index in [2.05, 4.69) is 21.6 Å². The van der Waals surface area contributed by atoms with E-state index in [0.717, 1.165) is 30.2 Å². The van der Waals surface area contributed by atoms with Gasteiger partial charge in [-0.2, -0.15) is 8.78 Å². The van der Waals surface area contributed by atoms with Crippen molar-refractivity contribution in [3.05, 3.63) is 41.2 Å². The molecule has 6 heteroatoms. The maximum absolute atomic E-state index is 12.7. The predicted molar refractivity (Wildman–Crippen MR) is 117 cm³/mol. The highest BCUT2D eigenvalue weighted by molar-refractivity contribution is 6.30. The van der Waals surface area contributed by atoms with Crippen molar-refractivity contribution >= 4 is 11.6 Å². The second kappa shape index (κ2) is 11.6. The summed E-state index contributed by atoms with van der Waals surface area (Å²) in [5.41, 5.74) is 1.49. The Hall–Kier alpha value is -1.75. The fourth-order valence-corrected chi connectivity index (χ4v) is 4.52. The number of aryl methyl sites for hydroxylation is 1. The molecule has 1 aliphatic rings. The number of nitrogens with zero attached hydrogens (tertiary/aromatic N) is 2. The molecule has 0 aliphatic heterocycles. The first kappa shape index (κ1) is 22.9. The van der Waals surface area contributed by atoms with Gasteiger partial charge in [-0.15, -0.1) is 0 Å². The molecule has 2 aromatic rings. The second-order valence-corrected chi connectivity index (χ2v) is 8.79. The molecule has 0 radical (unpaired) electrons. The molecule has 0 N–H and O–H groups in total. The van der Waals surface area contributed by atoms with Gasteiger partial charge in [-0.1, -0.05) is 69.9 Å². The zero-order chi connectivity index (χ0) is 21.3. The van der Waals surface area contributed by atoms with Crippen molar-refractivity contribution in [1.82, 2.24) is 9.97 Å². The lowest BCUT2D eigenvalue weighted by atomic mass is 9.78. The van der Waals surface area contributed by atoms with Crippen molar-refractivity contribution in [2.75, 3.05) is 0 Å². The molecular formula is C24H31ClF2N2O. The van der Waals surface area contributed by atoms with Crippen molar-refractivity contribution < 1.29 is 13.5 Å². The molecule has 1 heterocycles. The average molecular weight is 437 g/mol. The number of hydrogen-bond donors (Lipinski definition) is 0. The molecule has 0 amide bonds. The quantitative estimate of drug-likeness (QED) is 0.357. The molecule has 3 rings (SSSR count). The van der Waals surface area contributed by atoms with Crippen LogP contribution in [-0.4, -0.2) is 16.6 Å². The van der Waals surface area contributed by atoms with E-state index in [-0.39, 0.29) is 5.75 Å². The summed E-state index contributed by atoms with van der Waals surface area (Å²) in [4.78, 5) is 8.77. The Balaban J connectivity index is 1.51. The molecule has 0 spiro atoms. The summed E-state index contributed by atoms with van der Waals surface area (Å²) in [6, 6.07) is 4.58. The Morgan fingerprint density at radius 2 is 1.70 bits per heavy atom. The first-order chi connectivity index (χ1) is 14.5. The number of hydrogen-bond acceptors (Lipinski definition) is 3. The Labute approximate surface area is 183 Å². The van der Waals surface area contributed by atoms with Crippen LogP contribution in [0.3, 0.4) is 0 Å². The van der Waals surface area contributed by atoms with Crippen molar-refractivity contribution in [3.63, 3.8) is 0 Å². The maximum atomic E-state index is 12.7. The van der Waals surface area contributed by atoms with Gasteiger partial charge in [0.2, 0.25) is 0 Å². The molecule has 1 aromatic heterocycles. The minimum absolute atomic E-state index is 0.0130. The summed E-state index contributed by atoms with van der Waals surface area (Å²) in [6.07, 6.45) is 16.5. The van der Waals surface area contributed by atoms with Crippen LogP contribution in [0, 0.1) is 11.8 Å². The number of benzene rings is 1. The van der Waals surface area contributed by atoms with Gasteiger partial charge in [-0.3, -0.25) is 0 Å². The van der Waals surface area contributed by atoms with Crippen LogP contribution in [0.5, 0.6) is 5.75 Å². The smallest absolute Gasteiger partial charge is 0.387 e. The number of rotatable bonds is 10. The van der Waals surface area contributed by atoms with Crippen LogP contribution in [0.4, 0.5) is 8.78 Å². The summed E-state index contributed by atoms with van der Waals surface area (Å²) in [7, 11) is 0. The van der Waals surface area contributed by atoms with E-state index in [9.17, 15) is 8.78 Å². The molecule has 3 nitrogen and oxygen atoms in total. The number of alkyl halides is 2. The van der Waals surface area contributed by atoms with E-state index in [0.29, 0.717) is 16.4 Å². The molecule has 0 unspecified atom stereocenters. The topological polar surface area (TPSA) is 35.0 Å². The average Bonchev–Trinajstić information content (AvgIpc) is 2.74. The molecule has 1 fully saturated rings. The third kappa shape index (κ3) is 6.90. The van der Waals surface area contributed by atoms with Crippen molar-refractivity contribution in [2.45, 2.75) is 77.7 Å². The monoisotopic (exact) mass is 436 g/mol. The first-order valence-corrected chi connectivity index (χ1v) is 11.5. The molecule has 1 aromatic carbocycles. The summed E-state index contributed by atoms with van der Waals surface area (Å²) in [5.74, 6) is 2.06. The molecule has 164 valence electrons. The van der Waals surface area contributed by atoms with Gasteiger partial charge in [0.05, 0.1) is 5.56 Å². The van der Waals surface area contributed by atoms with Gasteiger partial charge < -0.3 is 4.74 Å². The standard InChI is InChI=1S/C24H31ClF2N2O/c1-2-3-4-5-17-6-8-18(9-7-17)10-11-19-15-28-23(29-16-19)21-13-12-20(25)14-22(21)30-24(26)27/h12-18,24H,2-11H2,1H3. The number of halogens is 3. The van der Waals surface area contributed by atoms with Gasteiger partial charge in [0.1, 0.15) is 5.75 Å². The molecule has 0 atom stereocenters. The third-order valence-corrected chi connectivity index (χ3v) is 6.36. The Morgan fingerprint density at radius 1 is 1.03 bits per heavy atom. The second-order valence-electron chi connectivity index (χ2n) is 8.36. The van der Waals surface area contributed by atoms with E-state index >= 15 is 0 Å². The third-order valence-electron chi connectivity index (χ3n) is 6.13. The summed E-state index contributed by atoms with van der Waals surface area (Å²) in [6.45, 7) is -0.665. The lowest BCUT2D eigenvalue weighted by Crippen LogP contribution is -2.15. The maximum Gasteiger partial charge on any atom is 0.387 e. The minimum Gasteiger partial charge on any atom is -0.434 e. The van der Waals surface area contributed by atoms with Crippen LogP contribution in [0.15, 0.2) is 30.6 Å². The normalized spacial score (nSPS) is 19.2. The van der Waals surface area contributed by atoms with E-state index in [1.165, 1.54) is 57.4 Å². The van der Waals surface area contributed by atoms with Crippen molar-refractivity contribution in [2.24, 2.45) is 11.8 Å². The highest BCUT2D eigenvalue weighted by Gasteiger charge is 2.21. The highest BCUT2D eigenvalue weighted by atomic mass is 35.5. The van der Waals surface area contributed by atoms with E-state index in [1.54, 1.807) is 24.5 Å². The van der Waals surface area contributed by atoms with Gasteiger partial charge in [-0.25, -0.2) is 9.97 Å². The fraction of sp³-hybridized carbons (Fsp3) is 0.583. The zero-order valence-corrected chi connectivity index (χ0v) is 18.4.